The van der Waals surface area contributed by atoms with Crippen LogP contribution in [0.25, 0.3) is 5.57 Å². The molecular formula is C26H25N3O5. The Kier molecular flexibility index (Phi) is 5.31. The number of nitro benzene ring substituents is 1. The number of likely N-dealkylation sites (tertiary alicyclic amines) is 1. The number of nitrogens with zero attached hydrogens (tertiary/aromatic N) is 3. The highest BCUT2D eigenvalue weighted by Gasteiger charge is 2.64. The van der Waals surface area contributed by atoms with Gasteiger partial charge in [-0.1, -0.05) is 37.6 Å². The van der Waals surface area contributed by atoms with Crippen LogP contribution in [0.2, 0.25) is 0 Å². The van der Waals surface area contributed by atoms with Crippen molar-refractivity contribution in [2.24, 2.45) is 11.8 Å². The van der Waals surface area contributed by atoms with Crippen LogP contribution in [0.3, 0.4) is 0 Å². The Bertz CT molecular complexity index is 1240. The predicted molar refractivity (Wildman–Crippen MR) is 126 cm³/mol. The minimum Gasteiger partial charge on any atom is -0.352 e. The molecule has 0 aliphatic carbocycles. The molecule has 2 saturated heterocycles. The molecule has 2 aromatic carbocycles. The molecule has 0 aromatic heterocycles. The lowest BCUT2D eigenvalue weighted by molar-refractivity contribution is -0.384. The lowest BCUT2D eigenvalue weighted by Gasteiger charge is -2.38. The van der Waals surface area contributed by atoms with E-state index in [4.69, 9.17) is 0 Å². The summed E-state index contributed by atoms with van der Waals surface area (Å²) in [7, 11) is 0. The molecule has 2 amide bonds. The highest BCUT2D eigenvalue weighted by atomic mass is 16.6. The lowest BCUT2D eigenvalue weighted by atomic mass is 9.85. The first kappa shape index (κ1) is 22.0. The van der Waals surface area contributed by atoms with Gasteiger partial charge in [-0.05, 0) is 37.1 Å². The Hall–Kier alpha value is -3.81. The average molecular weight is 460 g/mol. The molecule has 3 heterocycles. The van der Waals surface area contributed by atoms with Gasteiger partial charge in [-0.25, -0.2) is 0 Å². The predicted octanol–water partition coefficient (Wildman–Crippen LogP) is 3.85. The van der Waals surface area contributed by atoms with E-state index in [0.29, 0.717) is 13.0 Å². The number of benzene rings is 2. The van der Waals surface area contributed by atoms with Crippen molar-refractivity contribution in [2.75, 3.05) is 11.4 Å². The summed E-state index contributed by atoms with van der Waals surface area (Å²) in [5.74, 6) is -2.27. The Balaban J connectivity index is 1.62. The zero-order chi connectivity index (χ0) is 24.1. The highest BCUT2D eigenvalue weighted by Crippen LogP contribution is 2.50. The molecular weight excluding hydrogens is 434 g/mol. The molecule has 34 heavy (non-hydrogen) atoms. The summed E-state index contributed by atoms with van der Waals surface area (Å²) in [5.41, 5.74) is 2.96. The maximum atomic E-state index is 13.9. The summed E-state index contributed by atoms with van der Waals surface area (Å²) in [6.45, 7) is 4.33. The number of carbonyl (C=O) groups excluding carboxylic acids is 3. The average Bonchev–Trinajstić information content (AvgIpc) is 3.30. The molecule has 0 radical (unpaired) electrons. The van der Waals surface area contributed by atoms with E-state index in [-0.39, 0.29) is 28.8 Å². The smallest absolute Gasteiger partial charge is 0.269 e. The molecule has 2 aromatic rings. The molecule has 0 saturated carbocycles. The van der Waals surface area contributed by atoms with Crippen molar-refractivity contribution in [1.29, 1.82) is 0 Å². The van der Waals surface area contributed by atoms with Crippen LogP contribution >= 0.6 is 0 Å². The summed E-state index contributed by atoms with van der Waals surface area (Å²) in [6.07, 6.45) is 3.56. The SMILES string of the molecule is CCCCN1C(=O)[C@H]2[C@H](C1=O)[C@H](C(=O)c1ccc([N+](=O)[O-])cc1)N1c3ccccc3C(C)=C[C@H]21. The first-order valence-corrected chi connectivity index (χ1v) is 11.5. The molecule has 0 spiro atoms. The first-order valence-electron chi connectivity index (χ1n) is 11.5. The number of anilines is 1. The number of imide groups is 1. The molecule has 0 unspecified atom stereocenters. The molecule has 4 atom stereocenters. The number of fused-ring (bicyclic) bond motifs is 5. The highest BCUT2D eigenvalue weighted by molar-refractivity contribution is 6.14. The van der Waals surface area contributed by atoms with E-state index in [1.807, 2.05) is 49.1 Å². The minimum absolute atomic E-state index is 0.113. The number of carbonyl (C=O) groups is 3. The van der Waals surface area contributed by atoms with Crippen molar-refractivity contribution in [3.05, 3.63) is 75.8 Å². The van der Waals surface area contributed by atoms with Crippen LogP contribution in [0.15, 0.2) is 54.6 Å². The van der Waals surface area contributed by atoms with Gasteiger partial charge in [0.25, 0.3) is 5.69 Å². The first-order chi connectivity index (χ1) is 16.3. The topological polar surface area (TPSA) is 101 Å². The van der Waals surface area contributed by atoms with Crippen LogP contribution in [0.1, 0.15) is 42.6 Å². The molecule has 3 aliphatic rings. The van der Waals surface area contributed by atoms with Gasteiger partial charge >= 0.3 is 0 Å². The summed E-state index contributed by atoms with van der Waals surface area (Å²) in [5, 5.41) is 11.1. The van der Waals surface area contributed by atoms with E-state index in [1.165, 1.54) is 29.2 Å². The standard InChI is InChI=1S/C26H25N3O5/c1-3-4-13-27-25(31)21-20-14-15(2)18-7-5-6-8-19(18)28(20)23(22(21)26(27)32)24(30)16-9-11-17(12-10-16)29(33)34/h5-12,14,20-23H,3-4,13H2,1-2H3/t20-,21-,22+,23-/m1/s1. The number of nitro groups is 1. The third-order valence-electron chi connectivity index (χ3n) is 7.21. The fraction of sp³-hybridized carbons (Fsp3) is 0.346. The number of ketones is 1. The summed E-state index contributed by atoms with van der Waals surface area (Å²) < 4.78 is 0. The molecule has 2 fully saturated rings. The second-order valence-electron chi connectivity index (χ2n) is 9.11. The molecule has 8 heteroatoms. The lowest BCUT2D eigenvalue weighted by Crippen LogP contribution is -2.49. The van der Waals surface area contributed by atoms with E-state index >= 15 is 0 Å². The van der Waals surface area contributed by atoms with Crippen molar-refractivity contribution >= 4 is 34.5 Å². The maximum Gasteiger partial charge on any atom is 0.269 e. The number of allylic oxidation sites excluding steroid dienone is 1. The molecule has 5 rings (SSSR count). The van der Waals surface area contributed by atoms with Crippen LogP contribution in [0.4, 0.5) is 11.4 Å². The van der Waals surface area contributed by atoms with E-state index < -0.39 is 28.8 Å². The van der Waals surface area contributed by atoms with Crippen LogP contribution in [0.5, 0.6) is 0 Å². The van der Waals surface area contributed by atoms with Gasteiger partial charge in [0.05, 0.1) is 22.8 Å². The normalized spacial score (nSPS) is 25.1. The van der Waals surface area contributed by atoms with Crippen LogP contribution < -0.4 is 4.90 Å². The Morgan fingerprint density at radius 1 is 1.03 bits per heavy atom. The van der Waals surface area contributed by atoms with E-state index in [9.17, 15) is 24.5 Å². The monoisotopic (exact) mass is 459 g/mol. The van der Waals surface area contributed by atoms with Gasteiger partial charge in [0.1, 0.15) is 6.04 Å². The molecule has 0 N–H and O–H groups in total. The Morgan fingerprint density at radius 3 is 2.38 bits per heavy atom. The van der Waals surface area contributed by atoms with Gasteiger partial charge in [-0.2, -0.15) is 0 Å². The molecule has 8 nitrogen and oxygen atoms in total. The summed E-state index contributed by atoms with van der Waals surface area (Å²) >= 11 is 0. The fourth-order valence-corrected chi connectivity index (χ4v) is 5.61. The fourth-order valence-electron chi connectivity index (χ4n) is 5.61. The third-order valence-corrected chi connectivity index (χ3v) is 7.21. The number of rotatable bonds is 6. The Morgan fingerprint density at radius 2 is 1.71 bits per heavy atom. The number of para-hydroxylation sites is 1. The van der Waals surface area contributed by atoms with E-state index in [1.54, 1.807) is 0 Å². The van der Waals surface area contributed by atoms with Gasteiger partial charge in [0.2, 0.25) is 11.8 Å². The van der Waals surface area contributed by atoms with Crippen molar-refractivity contribution < 1.29 is 19.3 Å². The number of Topliss-reactive ketones (excluding diaryl/α,β-unsaturated/α-hetero) is 1. The van der Waals surface area contributed by atoms with E-state index in [2.05, 4.69) is 0 Å². The Labute approximate surface area is 197 Å². The maximum absolute atomic E-state index is 13.9. The number of hydrogen-bond acceptors (Lipinski definition) is 6. The number of hydrogen-bond donors (Lipinski definition) is 0. The largest absolute Gasteiger partial charge is 0.352 e. The van der Waals surface area contributed by atoms with Crippen molar-refractivity contribution in [1.82, 2.24) is 4.90 Å². The molecule has 174 valence electrons. The quantitative estimate of drug-likeness (QED) is 0.281. The second-order valence-corrected chi connectivity index (χ2v) is 9.11. The molecule has 0 bridgehead atoms. The van der Waals surface area contributed by atoms with Gasteiger partial charge in [-0.3, -0.25) is 29.4 Å². The van der Waals surface area contributed by atoms with Gasteiger partial charge < -0.3 is 4.90 Å². The summed E-state index contributed by atoms with van der Waals surface area (Å²) in [4.78, 5) is 54.7. The summed E-state index contributed by atoms with van der Waals surface area (Å²) in [6, 6.07) is 11.8. The zero-order valence-electron chi connectivity index (χ0n) is 19.0. The second kappa shape index (κ2) is 8.20. The van der Waals surface area contributed by atoms with Crippen LogP contribution in [-0.2, 0) is 9.59 Å². The van der Waals surface area contributed by atoms with Crippen molar-refractivity contribution in [2.45, 2.75) is 38.8 Å². The minimum atomic E-state index is -0.870. The third kappa shape index (κ3) is 3.16. The van der Waals surface area contributed by atoms with Crippen molar-refractivity contribution in [3.8, 4) is 0 Å². The van der Waals surface area contributed by atoms with Crippen LogP contribution in [0, 0.1) is 22.0 Å². The molecule has 3 aliphatic heterocycles. The zero-order valence-corrected chi connectivity index (χ0v) is 19.0. The number of unbranched alkanes of at least 4 members (excludes halogenated alkanes) is 1. The van der Waals surface area contributed by atoms with Gasteiger partial charge in [0, 0.05) is 35.5 Å². The number of non-ortho nitro benzene ring substituents is 1. The number of amides is 2. The van der Waals surface area contributed by atoms with Crippen LogP contribution in [-0.4, -0.2) is 46.0 Å². The van der Waals surface area contributed by atoms with Gasteiger partial charge in [0.15, 0.2) is 5.78 Å². The van der Waals surface area contributed by atoms with Crippen molar-refractivity contribution in [3.63, 3.8) is 0 Å². The van der Waals surface area contributed by atoms with Gasteiger partial charge in [-0.15, -0.1) is 0 Å². The van der Waals surface area contributed by atoms with E-state index in [0.717, 1.165) is 23.2 Å².